The molecule has 1 fully saturated rings. The lowest BCUT2D eigenvalue weighted by Gasteiger charge is -2.37. The number of benzene rings is 1. The van der Waals surface area contributed by atoms with Crippen LogP contribution in [0.2, 0.25) is 0 Å². The number of nitrogens with zero attached hydrogens (tertiary/aromatic N) is 1. The lowest BCUT2D eigenvalue weighted by atomic mass is 9.76. The van der Waals surface area contributed by atoms with Gasteiger partial charge in [0.2, 0.25) is 5.91 Å². The van der Waals surface area contributed by atoms with E-state index in [2.05, 4.69) is 10.3 Å². The number of hydrogen-bond donors (Lipinski definition) is 2. The monoisotopic (exact) mass is 326 g/mol. The van der Waals surface area contributed by atoms with Crippen molar-refractivity contribution in [2.45, 2.75) is 31.6 Å². The summed E-state index contributed by atoms with van der Waals surface area (Å²) < 4.78 is 5.49. The van der Waals surface area contributed by atoms with Crippen molar-refractivity contribution < 1.29 is 14.6 Å². The first kappa shape index (κ1) is 16.6. The molecule has 1 amide bonds. The van der Waals surface area contributed by atoms with Gasteiger partial charge in [-0.1, -0.05) is 36.4 Å². The number of ether oxygens (including phenoxy) is 1. The van der Waals surface area contributed by atoms with Gasteiger partial charge in [0, 0.05) is 6.20 Å². The molecule has 5 nitrogen and oxygen atoms in total. The zero-order chi connectivity index (χ0) is 16.8. The highest BCUT2D eigenvalue weighted by atomic mass is 16.5. The summed E-state index contributed by atoms with van der Waals surface area (Å²) in [7, 11) is 0. The molecule has 1 saturated carbocycles. The van der Waals surface area contributed by atoms with Gasteiger partial charge in [-0.2, -0.15) is 0 Å². The third-order valence-corrected chi connectivity index (χ3v) is 4.29. The van der Waals surface area contributed by atoms with Crippen molar-refractivity contribution in [2.24, 2.45) is 5.92 Å². The molecular weight excluding hydrogens is 304 g/mol. The van der Waals surface area contributed by atoms with Crippen LogP contribution in [0.5, 0.6) is 0 Å². The van der Waals surface area contributed by atoms with Crippen LogP contribution in [0.4, 0.5) is 0 Å². The fourth-order valence-electron chi connectivity index (χ4n) is 2.95. The molecule has 1 aromatic heterocycles. The van der Waals surface area contributed by atoms with E-state index in [1.54, 1.807) is 6.20 Å². The van der Waals surface area contributed by atoms with Crippen molar-refractivity contribution in [3.63, 3.8) is 0 Å². The van der Waals surface area contributed by atoms with E-state index in [1.807, 2.05) is 48.5 Å². The number of aliphatic hydroxyl groups is 1. The van der Waals surface area contributed by atoms with Crippen LogP contribution in [0.1, 0.15) is 30.1 Å². The van der Waals surface area contributed by atoms with Crippen LogP contribution in [-0.2, 0) is 16.1 Å². The molecule has 1 aliphatic rings. The van der Waals surface area contributed by atoms with Crippen molar-refractivity contribution in [2.75, 3.05) is 6.61 Å². The quantitative estimate of drug-likeness (QED) is 0.818. The van der Waals surface area contributed by atoms with Crippen molar-refractivity contribution in [1.29, 1.82) is 0 Å². The molecule has 0 aliphatic heterocycles. The Morgan fingerprint density at radius 2 is 1.96 bits per heavy atom. The van der Waals surface area contributed by atoms with Gasteiger partial charge in [-0.05, 0) is 36.5 Å². The molecule has 1 heterocycles. The van der Waals surface area contributed by atoms with E-state index in [9.17, 15) is 9.90 Å². The number of aliphatic hydroxyl groups excluding tert-OH is 1. The second kappa shape index (κ2) is 8.04. The van der Waals surface area contributed by atoms with E-state index in [4.69, 9.17) is 4.74 Å². The van der Waals surface area contributed by atoms with Gasteiger partial charge in [-0.3, -0.25) is 9.78 Å². The topological polar surface area (TPSA) is 71.5 Å². The summed E-state index contributed by atoms with van der Waals surface area (Å²) in [6.45, 7) is 0.415. The number of carbonyl (C=O) groups is 1. The third kappa shape index (κ3) is 4.40. The average molecular weight is 326 g/mol. The number of pyridine rings is 1. The molecular formula is C19H22N2O3. The minimum absolute atomic E-state index is 0.00744. The van der Waals surface area contributed by atoms with Gasteiger partial charge in [0.25, 0.3) is 0 Å². The van der Waals surface area contributed by atoms with E-state index >= 15 is 0 Å². The molecule has 2 aromatic rings. The fourth-order valence-corrected chi connectivity index (χ4v) is 2.95. The third-order valence-electron chi connectivity index (χ3n) is 4.29. The van der Waals surface area contributed by atoms with E-state index in [-0.39, 0.29) is 30.6 Å². The predicted octanol–water partition coefficient (Wildman–Crippen LogP) is 2.23. The molecule has 3 rings (SSSR count). The van der Waals surface area contributed by atoms with Gasteiger partial charge in [-0.25, -0.2) is 0 Å². The number of nitrogens with one attached hydrogen (secondary N) is 1. The smallest absolute Gasteiger partial charge is 0.246 e. The normalized spacial score (nSPS) is 20.9. The van der Waals surface area contributed by atoms with Gasteiger partial charge in [0.05, 0.1) is 24.4 Å². The van der Waals surface area contributed by atoms with Gasteiger partial charge >= 0.3 is 0 Å². The highest BCUT2D eigenvalue weighted by molar-refractivity contribution is 5.77. The Morgan fingerprint density at radius 1 is 1.21 bits per heavy atom. The largest absolute Gasteiger partial charge is 0.393 e. The Kier molecular flexibility index (Phi) is 5.56. The van der Waals surface area contributed by atoms with E-state index in [0.29, 0.717) is 19.4 Å². The molecule has 126 valence electrons. The SMILES string of the molecule is O=C(COCc1ccccc1)NC(c1ccccn1)C1CC(O)C1. The van der Waals surface area contributed by atoms with E-state index in [1.165, 1.54) is 0 Å². The van der Waals surface area contributed by atoms with Crippen LogP contribution >= 0.6 is 0 Å². The second-order valence-corrected chi connectivity index (χ2v) is 6.16. The Balaban J connectivity index is 1.53. The first-order valence-corrected chi connectivity index (χ1v) is 8.22. The van der Waals surface area contributed by atoms with Gasteiger partial charge < -0.3 is 15.2 Å². The minimum atomic E-state index is -0.271. The van der Waals surface area contributed by atoms with E-state index in [0.717, 1.165) is 11.3 Å². The van der Waals surface area contributed by atoms with Crippen LogP contribution in [0.3, 0.4) is 0 Å². The summed E-state index contributed by atoms with van der Waals surface area (Å²) in [5.74, 6) is 0.0518. The molecule has 1 aromatic carbocycles. The number of amides is 1. The molecule has 24 heavy (non-hydrogen) atoms. The molecule has 0 radical (unpaired) electrons. The summed E-state index contributed by atoms with van der Waals surface area (Å²) in [5.41, 5.74) is 1.86. The maximum absolute atomic E-state index is 12.2. The number of aromatic nitrogens is 1. The molecule has 1 aliphatic carbocycles. The highest BCUT2D eigenvalue weighted by Gasteiger charge is 2.36. The Morgan fingerprint density at radius 3 is 2.62 bits per heavy atom. The Bertz CT molecular complexity index is 642. The molecule has 1 atom stereocenters. The minimum Gasteiger partial charge on any atom is -0.393 e. The van der Waals surface area contributed by atoms with Crippen LogP contribution in [0.25, 0.3) is 0 Å². The van der Waals surface area contributed by atoms with Crippen molar-refractivity contribution in [3.05, 3.63) is 66.0 Å². The van der Waals surface area contributed by atoms with Gasteiger partial charge in [0.15, 0.2) is 0 Å². The zero-order valence-corrected chi connectivity index (χ0v) is 13.5. The number of rotatable bonds is 7. The standard InChI is InChI=1S/C19H22N2O3/c22-16-10-15(11-16)19(17-8-4-5-9-20-17)21-18(23)13-24-12-14-6-2-1-3-7-14/h1-9,15-16,19,22H,10-13H2,(H,21,23). The van der Waals surface area contributed by atoms with Crippen molar-refractivity contribution in [1.82, 2.24) is 10.3 Å². The van der Waals surface area contributed by atoms with Crippen molar-refractivity contribution >= 4 is 5.91 Å². The molecule has 5 heteroatoms. The van der Waals surface area contributed by atoms with E-state index < -0.39 is 0 Å². The number of carbonyl (C=O) groups excluding carboxylic acids is 1. The molecule has 0 saturated heterocycles. The first-order valence-electron chi connectivity index (χ1n) is 8.22. The average Bonchev–Trinajstić information content (AvgIpc) is 2.59. The second-order valence-electron chi connectivity index (χ2n) is 6.16. The Labute approximate surface area is 141 Å². The predicted molar refractivity (Wildman–Crippen MR) is 89.9 cm³/mol. The summed E-state index contributed by atoms with van der Waals surface area (Å²) in [5, 5.41) is 12.6. The number of hydrogen-bond acceptors (Lipinski definition) is 4. The molecule has 1 unspecified atom stereocenters. The van der Waals surface area contributed by atoms with Crippen LogP contribution in [0.15, 0.2) is 54.7 Å². The highest BCUT2D eigenvalue weighted by Crippen LogP contribution is 2.37. The van der Waals surface area contributed by atoms with Crippen LogP contribution in [-0.4, -0.2) is 28.7 Å². The first-order chi connectivity index (χ1) is 11.7. The Hall–Kier alpha value is -2.24. The summed E-state index contributed by atoms with van der Waals surface area (Å²) in [6, 6.07) is 15.2. The summed E-state index contributed by atoms with van der Waals surface area (Å²) >= 11 is 0. The van der Waals surface area contributed by atoms with Gasteiger partial charge in [0.1, 0.15) is 6.61 Å². The lowest BCUT2D eigenvalue weighted by Crippen LogP contribution is -2.42. The fraction of sp³-hybridized carbons (Fsp3) is 0.368. The lowest BCUT2D eigenvalue weighted by molar-refractivity contribution is -0.128. The summed E-state index contributed by atoms with van der Waals surface area (Å²) in [4.78, 5) is 16.6. The zero-order valence-electron chi connectivity index (χ0n) is 13.5. The molecule has 0 bridgehead atoms. The molecule has 2 N–H and O–H groups in total. The van der Waals surface area contributed by atoms with Crippen LogP contribution < -0.4 is 5.32 Å². The molecule has 0 spiro atoms. The van der Waals surface area contributed by atoms with Gasteiger partial charge in [-0.15, -0.1) is 0 Å². The summed E-state index contributed by atoms with van der Waals surface area (Å²) in [6.07, 6.45) is 2.82. The van der Waals surface area contributed by atoms with Crippen LogP contribution in [0, 0.1) is 5.92 Å². The maximum atomic E-state index is 12.2. The maximum Gasteiger partial charge on any atom is 0.246 e. The van der Waals surface area contributed by atoms with Crippen molar-refractivity contribution in [3.8, 4) is 0 Å².